The number of hydrogen-bond donors (Lipinski definition) is 0. The number of halogens is 2. The third kappa shape index (κ3) is 4.53. The fourth-order valence-electron chi connectivity index (χ4n) is 2.15. The molecule has 26 heavy (non-hydrogen) atoms. The van der Waals surface area contributed by atoms with Crippen LogP contribution in [0.25, 0.3) is 0 Å². The first-order chi connectivity index (χ1) is 12.3. The highest BCUT2D eigenvalue weighted by Gasteiger charge is 2.28. The Bertz CT molecular complexity index is 886. The van der Waals surface area contributed by atoms with Crippen LogP contribution in [-0.4, -0.2) is 33.8 Å². The summed E-state index contributed by atoms with van der Waals surface area (Å²) >= 11 is 1.44. The number of thioether (sulfide) groups is 1. The molecule has 0 atom stereocenters. The summed E-state index contributed by atoms with van der Waals surface area (Å²) in [6.45, 7) is 0.980. The Morgan fingerprint density at radius 3 is 2.31 bits per heavy atom. The van der Waals surface area contributed by atoms with Gasteiger partial charge in [0.2, 0.25) is 0 Å². The fraction of sp³-hybridized carbons (Fsp3) is 0.235. The van der Waals surface area contributed by atoms with Crippen molar-refractivity contribution in [3.63, 3.8) is 0 Å². The number of nitrogens with zero attached hydrogens (tertiary/aromatic N) is 1. The van der Waals surface area contributed by atoms with Gasteiger partial charge < -0.3 is 4.74 Å². The van der Waals surface area contributed by atoms with Crippen LogP contribution in [0.2, 0.25) is 0 Å². The summed E-state index contributed by atoms with van der Waals surface area (Å²) in [6.07, 6.45) is 1.85. The predicted molar refractivity (Wildman–Crippen MR) is 95.7 cm³/mol. The standard InChI is InChI=1S/C17H17F2NO4S2/c1-3-24-17(21)11-20(12-4-9-15(18)16(19)10-12)26(22,23)14-7-5-13(25-2)6-8-14/h4-10H,3,11H2,1-2H3. The first kappa shape index (κ1) is 20.2. The van der Waals surface area contributed by atoms with Gasteiger partial charge in [-0.1, -0.05) is 0 Å². The molecule has 9 heteroatoms. The Kier molecular flexibility index (Phi) is 6.60. The number of ether oxygens (including phenoxy) is 1. The van der Waals surface area contributed by atoms with Gasteiger partial charge in [0.05, 0.1) is 17.2 Å². The lowest BCUT2D eigenvalue weighted by Crippen LogP contribution is -2.36. The first-order valence-corrected chi connectivity index (χ1v) is 10.2. The third-order valence-electron chi connectivity index (χ3n) is 3.42. The molecular weight excluding hydrogens is 384 g/mol. The molecule has 0 aliphatic heterocycles. The van der Waals surface area contributed by atoms with Gasteiger partial charge in [-0.05, 0) is 49.6 Å². The van der Waals surface area contributed by atoms with E-state index < -0.39 is 34.2 Å². The zero-order chi connectivity index (χ0) is 19.3. The highest BCUT2D eigenvalue weighted by Crippen LogP contribution is 2.26. The monoisotopic (exact) mass is 401 g/mol. The van der Waals surface area contributed by atoms with E-state index in [1.54, 1.807) is 19.1 Å². The summed E-state index contributed by atoms with van der Waals surface area (Å²) in [5.74, 6) is -3.14. The average molecular weight is 401 g/mol. The predicted octanol–water partition coefficient (Wildman–Crippen LogP) is 3.45. The summed E-state index contributed by atoms with van der Waals surface area (Å²) in [5.41, 5.74) is -0.175. The second-order valence-electron chi connectivity index (χ2n) is 5.09. The van der Waals surface area contributed by atoms with Crippen molar-refractivity contribution in [3.8, 4) is 0 Å². The molecule has 0 unspecified atom stereocenters. The molecule has 2 aromatic rings. The number of esters is 1. The Labute approximate surface area is 155 Å². The van der Waals surface area contributed by atoms with Crippen LogP contribution in [0, 0.1) is 11.6 Å². The number of carbonyl (C=O) groups is 1. The maximum absolute atomic E-state index is 13.6. The van der Waals surface area contributed by atoms with Crippen LogP contribution in [0.3, 0.4) is 0 Å². The van der Waals surface area contributed by atoms with Gasteiger partial charge in [-0.25, -0.2) is 17.2 Å². The Hall–Kier alpha value is -2.13. The third-order valence-corrected chi connectivity index (χ3v) is 5.95. The molecule has 0 bridgehead atoms. The zero-order valence-corrected chi connectivity index (χ0v) is 15.7. The molecule has 0 spiro atoms. The molecule has 2 aromatic carbocycles. The number of anilines is 1. The summed E-state index contributed by atoms with van der Waals surface area (Å²) in [5, 5.41) is 0. The van der Waals surface area contributed by atoms with E-state index in [1.165, 1.54) is 23.9 Å². The number of sulfonamides is 1. The van der Waals surface area contributed by atoms with Crippen LogP contribution in [0.5, 0.6) is 0 Å². The minimum absolute atomic E-state index is 0.0624. The Morgan fingerprint density at radius 1 is 1.12 bits per heavy atom. The Balaban J connectivity index is 2.49. The maximum atomic E-state index is 13.6. The van der Waals surface area contributed by atoms with E-state index in [9.17, 15) is 22.0 Å². The molecule has 5 nitrogen and oxygen atoms in total. The van der Waals surface area contributed by atoms with Gasteiger partial charge in [-0.3, -0.25) is 9.10 Å². The first-order valence-electron chi connectivity index (χ1n) is 7.57. The van der Waals surface area contributed by atoms with Crippen LogP contribution in [0.1, 0.15) is 6.92 Å². The zero-order valence-electron chi connectivity index (χ0n) is 14.1. The minimum Gasteiger partial charge on any atom is -0.465 e. The van der Waals surface area contributed by atoms with Gasteiger partial charge >= 0.3 is 5.97 Å². The molecule has 0 aliphatic rings. The largest absolute Gasteiger partial charge is 0.465 e. The second kappa shape index (κ2) is 8.50. The van der Waals surface area contributed by atoms with E-state index >= 15 is 0 Å². The smallest absolute Gasteiger partial charge is 0.326 e. The molecular formula is C17H17F2NO4S2. The lowest BCUT2D eigenvalue weighted by molar-refractivity contribution is -0.141. The molecule has 0 fully saturated rings. The number of benzene rings is 2. The van der Waals surface area contributed by atoms with Crippen LogP contribution in [0.4, 0.5) is 14.5 Å². The van der Waals surface area contributed by atoms with Crippen LogP contribution < -0.4 is 4.31 Å². The average Bonchev–Trinajstić information content (AvgIpc) is 2.62. The van der Waals surface area contributed by atoms with Crippen molar-refractivity contribution in [2.75, 3.05) is 23.7 Å². The number of hydrogen-bond acceptors (Lipinski definition) is 5. The van der Waals surface area contributed by atoms with Crippen molar-refractivity contribution in [1.82, 2.24) is 0 Å². The lowest BCUT2D eigenvalue weighted by Gasteiger charge is -2.23. The maximum Gasteiger partial charge on any atom is 0.326 e. The van der Waals surface area contributed by atoms with Gasteiger partial charge in [-0.15, -0.1) is 11.8 Å². The molecule has 2 rings (SSSR count). The Morgan fingerprint density at radius 2 is 1.77 bits per heavy atom. The minimum atomic E-state index is -4.19. The molecule has 0 aromatic heterocycles. The van der Waals surface area contributed by atoms with E-state index in [-0.39, 0.29) is 17.2 Å². The van der Waals surface area contributed by atoms with E-state index in [4.69, 9.17) is 4.74 Å². The van der Waals surface area contributed by atoms with Gasteiger partial charge in [-0.2, -0.15) is 0 Å². The normalized spacial score (nSPS) is 11.2. The van der Waals surface area contributed by atoms with Crippen molar-refractivity contribution < 1.29 is 26.7 Å². The van der Waals surface area contributed by atoms with Crippen molar-refractivity contribution in [2.45, 2.75) is 16.7 Å². The molecule has 0 saturated carbocycles. The number of rotatable bonds is 7. The van der Waals surface area contributed by atoms with E-state index in [2.05, 4.69) is 0 Å². The lowest BCUT2D eigenvalue weighted by atomic mass is 10.3. The van der Waals surface area contributed by atoms with Gasteiger partial charge in [0, 0.05) is 11.0 Å². The highest BCUT2D eigenvalue weighted by atomic mass is 32.2. The molecule has 0 amide bonds. The van der Waals surface area contributed by atoms with E-state index in [1.807, 2.05) is 6.26 Å². The van der Waals surface area contributed by atoms with Gasteiger partial charge in [0.1, 0.15) is 6.54 Å². The van der Waals surface area contributed by atoms with Gasteiger partial charge in [0.15, 0.2) is 11.6 Å². The summed E-state index contributed by atoms with van der Waals surface area (Å²) in [7, 11) is -4.19. The van der Waals surface area contributed by atoms with Crippen molar-refractivity contribution in [2.24, 2.45) is 0 Å². The summed E-state index contributed by atoms with van der Waals surface area (Å²) in [6, 6.07) is 8.62. The quantitative estimate of drug-likeness (QED) is 0.525. The second-order valence-corrected chi connectivity index (χ2v) is 7.83. The number of carbonyl (C=O) groups excluding carboxylic acids is 1. The van der Waals surface area contributed by atoms with Gasteiger partial charge in [0.25, 0.3) is 10.0 Å². The molecule has 140 valence electrons. The topological polar surface area (TPSA) is 63.7 Å². The van der Waals surface area contributed by atoms with Crippen LogP contribution in [-0.2, 0) is 19.6 Å². The van der Waals surface area contributed by atoms with E-state index in [0.29, 0.717) is 4.31 Å². The SMILES string of the molecule is CCOC(=O)CN(c1ccc(F)c(F)c1)S(=O)(=O)c1ccc(SC)cc1. The van der Waals surface area contributed by atoms with Crippen molar-refractivity contribution in [1.29, 1.82) is 0 Å². The summed E-state index contributed by atoms with van der Waals surface area (Å²) in [4.78, 5) is 12.6. The molecule has 0 heterocycles. The van der Waals surface area contributed by atoms with Crippen LogP contribution >= 0.6 is 11.8 Å². The van der Waals surface area contributed by atoms with E-state index in [0.717, 1.165) is 23.1 Å². The fourth-order valence-corrected chi connectivity index (χ4v) is 3.96. The van der Waals surface area contributed by atoms with Crippen LogP contribution in [0.15, 0.2) is 52.3 Å². The van der Waals surface area contributed by atoms with Crippen molar-refractivity contribution >= 4 is 33.4 Å². The molecule has 0 saturated heterocycles. The molecule has 0 aliphatic carbocycles. The molecule has 0 radical (unpaired) electrons. The molecule has 0 N–H and O–H groups in total. The highest BCUT2D eigenvalue weighted by molar-refractivity contribution is 7.98. The van der Waals surface area contributed by atoms with Crippen molar-refractivity contribution in [3.05, 3.63) is 54.1 Å². The summed E-state index contributed by atoms with van der Waals surface area (Å²) < 4.78 is 58.2.